The maximum Gasteiger partial charge on any atom is 0.251 e. The van der Waals surface area contributed by atoms with Gasteiger partial charge in [-0.3, -0.25) is 9.79 Å². The Morgan fingerprint density at radius 2 is 1.95 bits per heavy atom. The number of nitrogens with one attached hydrogen (secondary N) is 3. The molecule has 0 aliphatic heterocycles. The minimum Gasteiger partial charge on any atom is -0.357 e. The molecule has 1 saturated carbocycles. The van der Waals surface area contributed by atoms with E-state index < -0.39 is 0 Å². The smallest absolute Gasteiger partial charge is 0.251 e. The first-order chi connectivity index (χ1) is 10.3. The lowest BCUT2D eigenvalue weighted by molar-refractivity contribution is 0.0953. The van der Waals surface area contributed by atoms with Crippen molar-refractivity contribution in [1.82, 2.24) is 16.0 Å². The van der Waals surface area contributed by atoms with Crippen LogP contribution in [0.2, 0.25) is 0 Å². The first-order valence-electron chi connectivity index (χ1n) is 7.67. The van der Waals surface area contributed by atoms with E-state index in [0.29, 0.717) is 24.7 Å². The standard InChI is InChI=1S/C16H24N4O.HI/c1-2-17-16(20-14-9-10-14)19-12-6-11-18-15(21)13-7-4-3-5-8-13;/h3-5,7-8,14H,2,6,9-12H2,1H3,(H,18,21)(H2,17,19,20);1H. The Morgan fingerprint density at radius 3 is 2.59 bits per heavy atom. The summed E-state index contributed by atoms with van der Waals surface area (Å²) in [5, 5.41) is 9.51. The molecule has 1 aromatic rings. The molecule has 122 valence electrons. The monoisotopic (exact) mass is 416 g/mol. The third-order valence-corrected chi connectivity index (χ3v) is 3.19. The number of hydrogen-bond acceptors (Lipinski definition) is 2. The van der Waals surface area contributed by atoms with E-state index in [2.05, 4.69) is 27.9 Å². The minimum atomic E-state index is -0.0254. The summed E-state index contributed by atoms with van der Waals surface area (Å²) >= 11 is 0. The van der Waals surface area contributed by atoms with E-state index in [1.165, 1.54) is 12.8 Å². The summed E-state index contributed by atoms with van der Waals surface area (Å²) in [5.74, 6) is 0.858. The van der Waals surface area contributed by atoms with Gasteiger partial charge in [-0.25, -0.2) is 0 Å². The highest BCUT2D eigenvalue weighted by atomic mass is 127. The van der Waals surface area contributed by atoms with E-state index >= 15 is 0 Å². The van der Waals surface area contributed by atoms with Crippen LogP contribution in [0.25, 0.3) is 0 Å². The van der Waals surface area contributed by atoms with Crippen LogP contribution in [-0.2, 0) is 0 Å². The summed E-state index contributed by atoms with van der Waals surface area (Å²) in [4.78, 5) is 16.3. The van der Waals surface area contributed by atoms with Crippen LogP contribution in [0.5, 0.6) is 0 Å². The zero-order chi connectivity index (χ0) is 14.9. The molecule has 1 aromatic carbocycles. The zero-order valence-electron chi connectivity index (χ0n) is 13.0. The van der Waals surface area contributed by atoms with Crippen LogP contribution in [-0.4, -0.2) is 37.5 Å². The summed E-state index contributed by atoms with van der Waals surface area (Å²) < 4.78 is 0. The summed E-state index contributed by atoms with van der Waals surface area (Å²) in [6.07, 6.45) is 3.30. The molecular weight excluding hydrogens is 391 g/mol. The van der Waals surface area contributed by atoms with Gasteiger partial charge < -0.3 is 16.0 Å². The van der Waals surface area contributed by atoms with E-state index in [9.17, 15) is 4.79 Å². The van der Waals surface area contributed by atoms with Crippen molar-refractivity contribution in [3.8, 4) is 0 Å². The molecule has 5 nitrogen and oxygen atoms in total. The van der Waals surface area contributed by atoms with Gasteiger partial charge in [0.05, 0.1) is 0 Å². The van der Waals surface area contributed by atoms with Gasteiger partial charge in [-0.2, -0.15) is 0 Å². The van der Waals surface area contributed by atoms with Gasteiger partial charge in [-0.1, -0.05) is 18.2 Å². The molecule has 0 bridgehead atoms. The Labute approximate surface area is 149 Å². The van der Waals surface area contributed by atoms with E-state index in [1.807, 2.05) is 30.3 Å². The van der Waals surface area contributed by atoms with Crippen molar-refractivity contribution in [3.63, 3.8) is 0 Å². The van der Waals surface area contributed by atoms with Gasteiger partial charge in [0.15, 0.2) is 5.96 Å². The van der Waals surface area contributed by atoms with Crippen LogP contribution in [0.1, 0.15) is 36.5 Å². The number of rotatable bonds is 7. The predicted molar refractivity (Wildman–Crippen MR) is 101 cm³/mol. The predicted octanol–water partition coefficient (Wildman–Crippen LogP) is 2.14. The fourth-order valence-corrected chi connectivity index (χ4v) is 1.90. The van der Waals surface area contributed by atoms with Crippen molar-refractivity contribution in [2.45, 2.75) is 32.2 Å². The topological polar surface area (TPSA) is 65.5 Å². The number of hydrogen-bond donors (Lipinski definition) is 3. The van der Waals surface area contributed by atoms with Crippen molar-refractivity contribution < 1.29 is 4.79 Å². The number of amides is 1. The van der Waals surface area contributed by atoms with Crippen LogP contribution in [0.3, 0.4) is 0 Å². The van der Waals surface area contributed by atoms with Crippen LogP contribution in [0.4, 0.5) is 0 Å². The molecule has 0 unspecified atom stereocenters. The fraction of sp³-hybridized carbons (Fsp3) is 0.500. The molecule has 1 amide bonds. The molecule has 1 aliphatic rings. The number of carbonyl (C=O) groups excluding carboxylic acids is 1. The highest BCUT2D eigenvalue weighted by molar-refractivity contribution is 14.0. The third kappa shape index (κ3) is 7.11. The number of benzene rings is 1. The molecule has 6 heteroatoms. The minimum absolute atomic E-state index is 0. The van der Waals surface area contributed by atoms with Gasteiger partial charge in [0, 0.05) is 31.2 Å². The van der Waals surface area contributed by atoms with Crippen LogP contribution in [0.15, 0.2) is 35.3 Å². The maximum atomic E-state index is 11.8. The molecule has 0 heterocycles. The summed E-state index contributed by atoms with van der Waals surface area (Å²) in [7, 11) is 0. The van der Waals surface area contributed by atoms with Gasteiger partial charge in [-0.05, 0) is 38.3 Å². The SMILES string of the molecule is CCNC(=NCCCNC(=O)c1ccccc1)NC1CC1.I. The molecule has 0 spiro atoms. The third-order valence-electron chi connectivity index (χ3n) is 3.19. The Balaban J connectivity index is 0.00000242. The van der Waals surface area contributed by atoms with Gasteiger partial charge >= 0.3 is 0 Å². The van der Waals surface area contributed by atoms with Crippen molar-refractivity contribution in [2.75, 3.05) is 19.6 Å². The number of guanidine groups is 1. The Morgan fingerprint density at radius 1 is 1.23 bits per heavy atom. The van der Waals surface area contributed by atoms with Gasteiger partial charge in [0.1, 0.15) is 0 Å². The van der Waals surface area contributed by atoms with Crippen LogP contribution < -0.4 is 16.0 Å². The van der Waals surface area contributed by atoms with Crippen molar-refractivity contribution in [2.24, 2.45) is 4.99 Å². The molecule has 22 heavy (non-hydrogen) atoms. The van der Waals surface area contributed by atoms with E-state index in [1.54, 1.807) is 0 Å². The summed E-state index contributed by atoms with van der Waals surface area (Å²) in [6, 6.07) is 9.87. The average Bonchev–Trinajstić information content (AvgIpc) is 3.31. The molecule has 0 atom stereocenters. The van der Waals surface area contributed by atoms with Crippen molar-refractivity contribution in [1.29, 1.82) is 0 Å². The number of nitrogens with zero attached hydrogens (tertiary/aromatic N) is 1. The Kier molecular flexibility index (Phi) is 8.88. The molecule has 0 radical (unpaired) electrons. The van der Waals surface area contributed by atoms with E-state index in [-0.39, 0.29) is 29.9 Å². The lowest BCUT2D eigenvalue weighted by Gasteiger charge is -2.10. The van der Waals surface area contributed by atoms with Crippen LogP contribution >= 0.6 is 24.0 Å². The molecule has 2 rings (SSSR count). The van der Waals surface area contributed by atoms with E-state index in [0.717, 1.165) is 18.9 Å². The summed E-state index contributed by atoms with van der Waals surface area (Å²) in [6.45, 7) is 4.27. The summed E-state index contributed by atoms with van der Waals surface area (Å²) in [5.41, 5.74) is 0.699. The van der Waals surface area contributed by atoms with Gasteiger partial charge in [-0.15, -0.1) is 24.0 Å². The molecule has 0 aromatic heterocycles. The fourth-order valence-electron chi connectivity index (χ4n) is 1.90. The molecule has 0 saturated heterocycles. The highest BCUT2D eigenvalue weighted by Gasteiger charge is 2.21. The Hall–Kier alpha value is -1.31. The van der Waals surface area contributed by atoms with Crippen molar-refractivity contribution in [3.05, 3.63) is 35.9 Å². The second-order valence-corrected chi connectivity index (χ2v) is 5.15. The molecule has 1 aliphatic carbocycles. The lowest BCUT2D eigenvalue weighted by atomic mass is 10.2. The number of carbonyl (C=O) groups is 1. The van der Waals surface area contributed by atoms with E-state index in [4.69, 9.17) is 0 Å². The molecule has 1 fully saturated rings. The first-order valence-corrected chi connectivity index (χ1v) is 7.67. The second-order valence-electron chi connectivity index (χ2n) is 5.15. The zero-order valence-corrected chi connectivity index (χ0v) is 15.3. The highest BCUT2D eigenvalue weighted by Crippen LogP contribution is 2.18. The van der Waals surface area contributed by atoms with Crippen LogP contribution in [0, 0.1) is 0 Å². The number of aliphatic imine (C=N–C) groups is 1. The Bertz CT molecular complexity index is 474. The molecule has 3 N–H and O–H groups in total. The molecular formula is C16H25IN4O. The average molecular weight is 416 g/mol. The quantitative estimate of drug-likeness (QED) is 0.276. The normalized spacial score (nSPS) is 14.0. The second kappa shape index (κ2) is 10.4. The van der Waals surface area contributed by atoms with Gasteiger partial charge in [0.25, 0.3) is 5.91 Å². The number of halogens is 1. The first kappa shape index (κ1) is 18.7. The lowest BCUT2D eigenvalue weighted by Crippen LogP contribution is -2.38. The maximum absolute atomic E-state index is 11.8. The largest absolute Gasteiger partial charge is 0.357 e. The van der Waals surface area contributed by atoms with Crippen molar-refractivity contribution >= 4 is 35.8 Å². The van der Waals surface area contributed by atoms with Gasteiger partial charge in [0.2, 0.25) is 0 Å².